The average molecular weight is 372 g/mol. The molecule has 3 rings (SSSR count). The van der Waals surface area contributed by atoms with Crippen molar-refractivity contribution < 1.29 is 14.4 Å². The molecule has 0 aliphatic rings. The molecule has 3 aromatic rings. The second-order valence-electron chi connectivity index (χ2n) is 6.27. The molecule has 26 heavy (non-hydrogen) atoms. The van der Waals surface area contributed by atoms with Gasteiger partial charge in [0.1, 0.15) is 0 Å². The van der Waals surface area contributed by atoms with E-state index in [4.69, 9.17) is 4.74 Å². The molecule has 2 aromatic heterocycles. The Morgan fingerprint density at radius 2 is 2.12 bits per heavy atom. The first-order valence-corrected chi connectivity index (χ1v) is 9.26. The van der Waals surface area contributed by atoms with E-state index >= 15 is 0 Å². The molecule has 136 valence electrons. The Labute approximate surface area is 156 Å². The van der Waals surface area contributed by atoms with Crippen LogP contribution in [0.3, 0.4) is 0 Å². The first kappa shape index (κ1) is 18.2. The van der Waals surface area contributed by atoms with Crippen molar-refractivity contribution in [1.29, 1.82) is 0 Å². The number of fused-ring (bicyclic) bond motifs is 1. The highest BCUT2D eigenvalue weighted by Crippen LogP contribution is 2.30. The van der Waals surface area contributed by atoms with Crippen LogP contribution in [0, 0.1) is 0 Å². The van der Waals surface area contributed by atoms with E-state index in [0.717, 1.165) is 34.4 Å². The van der Waals surface area contributed by atoms with Crippen molar-refractivity contribution in [2.24, 2.45) is 0 Å². The molecular weight excluding hydrogens is 350 g/mol. The van der Waals surface area contributed by atoms with Crippen LogP contribution in [0.1, 0.15) is 13.3 Å². The van der Waals surface area contributed by atoms with Crippen LogP contribution in [-0.4, -0.2) is 48.1 Å². The maximum absolute atomic E-state index is 11.2. The predicted molar refractivity (Wildman–Crippen MR) is 103 cm³/mol. The summed E-state index contributed by atoms with van der Waals surface area (Å²) in [6.45, 7) is 3.11. The zero-order chi connectivity index (χ0) is 18.5. The van der Waals surface area contributed by atoms with Crippen LogP contribution in [0.25, 0.3) is 21.5 Å². The Balaban J connectivity index is 1.75. The molecule has 0 unspecified atom stereocenters. The average Bonchev–Trinajstić information content (AvgIpc) is 2.99. The van der Waals surface area contributed by atoms with Crippen LogP contribution in [0.4, 0.5) is 5.13 Å². The Hall–Kier alpha value is -2.58. The third-order valence-electron chi connectivity index (χ3n) is 3.65. The molecular formula is C18H22N5O2S+. The van der Waals surface area contributed by atoms with E-state index in [1.807, 2.05) is 24.3 Å². The second kappa shape index (κ2) is 8.20. The van der Waals surface area contributed by atoms with Crippen molar-refractivity contribution in [3.8, 4) is 17.3 Å². The molecule has 1 aromatic carbocycles. The number of rotatable bonds is 7. The van der Waals surface area contributed by atoms with Crippen LogP contribution in [0.5, 0.6) is 6.01 Å². The molecule has 0 radical (unpaired) electrons. The summed E-state index contributed by atoms with van der Waals surface area (Å²) >= 11 is 1.44. The molecule has 0 aliphatic carbocycles. The van der Waals surface area contributed by atoms with Gasteiger partial charge in [0.15, 0.2) is 5.13 Å². The Kier molecular flexibility index (Phi) is 5.75. The maximum atomic E-state index is 11.2. The van der Waals surface area contributed by atoms with E-state index in [-0.39, 0.29) is 5.91 Å². The number of thiazole rings is 1. The van der Waals surface area contributed by atoms with Crippen molar-refractivity contribution in [2.45, 2.75) is 13.3 Å². The quantitative estimate of drug-likeness (QED) is 0.616. The molecule has 0 atom stereocenters. The summed E-state index contributed by atoms with van der Waals surface area (Å²) in [5, 5.41) is 3.32. The fourth-order valence-corrected chi connectivity index (χ4v) is 3.40. The molecule has 1 amide bonds. The van der Waals surface area contributed by atoms with Gasteiger partial charge in [-0.25, -0.2) is 9.97 Å². The van der Waals surface area contributed by atoms with Gasteiger partial charge in [-0.1, -0.05) is 17.4 Å². The van der Waals surface area contributed by atoms with Crippen molar-refractivity contribution in [1.82, 2.24) is 15.0 Å². The molecule has 0 saturated carbocycles. The summed E-state index contributed by atoms with van der Waals surface area (Å²) in [6.07, 6.45) is 2.66. The van der Waals surface area contributed by atoms with Crippen LogP contribution in [-0.2, 0) is 4.79 Å². The Morgan fingerprint density at radius 3 is 2.88 bits per heavy atom. The Morgan fingerprint density at radius 1 is 1.27 bits per heavy atom. The number of carbonyl (C=O) groups excluding carboxylic acids is 1. The fourth-order valence-electron chi connectivity index (χ4n) is 2.45. The van der Waals surface area contributed by atoms with Crippen LogP contribution < -0.4 is 15.0 Å². The highest BCUT2D eigenvalue weighted by molar-refractivity contribution is 7.22. The lowest BCUT2D eigenvalue weighted by Crippen LogP contribution is -3.05. The van der Waals surface area contributed by atoms with Gasteiger partial charge in [-0.15, -0.1) is 0 Å². The Bertz CT molecular complexity index is 909. The molecule has 7 nitrogen and oxygen atoms in total. The van der Waals surface area contributed by atoms with Gasteiger partial charge >= 0.3 is 6.01 Å². The zero-order valence-electron chi connectivity index (χ0n) is 15.1. The number of hydrogen-bond acceptors (Lipinski definition) is 6. The molecule has 2 N–H and O–H groups in total. The molecule has 0 spiro atoms. The minimum Gasteiger partial charge on any atom is -0.463 e. The van der Waals surface area contributed by atoms with Gasteiger partial charge in [0.2, 0.25) is 5.91 Å². The van der Waals surface area contributed by atoms with Gasteiger partial charge in [0.25, 0.3) is 0 Å². The summed E-state index contributed by atoms with van der Waals surface area (Å²) in [4.78, 5) is 25.6. The standard InChI is InChI=1S/C18H21N5O2S/c1-12(24)20-18-22-15-6-5-13(11-16(15)26-18)14-7-8-19-17(21-14)25-10-4-9-23(2)3/h5-8,11H,4,9-10H2,1-3H3,(H,20,22,24)/p+1. The lowest BCUT2D eigenvalue weighted by Gasteiger charge is -2.08. The number of carbonyl (C=O) groups is 1. The van der Waals surface area contributed by atoms with E-state index in [1.54, 1.807) is 6.20 Å². The highest BCUT2D eigenvalue weighted by Gasteiger charge is 2.09. The number of hydrogen-bond donors (Lipinski definition) is 2. The van der Waals surface area contributed by atoms with E-state index in [2.05, 4.69) is 34.4 Å². The largest absolute Gasteiger partial charge is 0.463 e. The van der Waals surface area contributed by atoms with Crippen molar-refractivity contribution in [2.75, 3.05) is 32.6 Å². The number of amides is 1. The summed E-state index contributed by atoms with van der Waals surface area (Å²) < 4.78 is 6.65. The second-order valence-corrected chi connectivity index (χ2v) is 7.30. The topological polar surface area (TPSA) is 81.4 Å². The number of aromatic nitrogens is 3. The number of quaternary nitrogens is 1. The first-order chi connectivity index (χ1) is 12.5. The molecule has 0 aliphatic heterocycles. The normalized spacial score (nSPS) is 11.1. The number of ether oxygens (including phenoxy) is 1. The highest BCUT2D eigenvalue weighted by atomic mass is 32.1. The number of nitrogens with one attached hydrogen (secondary N) is 2. The van der Waals surface area contributed by atoms with Crippen molar-refractivity contribution in [3.05, 3.63) is 30.5 Å². The van der Waals surface area contributed by atoms with Crippen LogP contribution in [0.2, 0.25) is 0 Å². The van der Waals surface area contributed by atoms with E-state index in [0.29, 0.717) is 17.7 Å². The predicted octanol–water partition coefficient (Wildman–Crippen LogP) is 1.63. The lowest BCUT2D eigenvalue weighted by atomic mass is 10.1. The maximum Gasteiger partial charge on any atom is 0.316 e. The van der Waals surface area contributed by atoms with Crippen LogP contribution >= 0.6 is 11.3 Å². The number of anilines is 1. The minimum atomic E-state index is -0.127. The summed E-state index contributed by atoms with van der Waals surface area (Å²) in [5.41, 5.74) is 2.60. The SMILES string of the molecule is CC(=O)Nc1nc2ccc(-c3ccnc(OCCC[NH+](C)C)n3)cc2s1. The smallest absolute Gasteiger partial charge is 0.316 e. The van der Waals surface area contributed by atoms with E-state index < -0.39 is 0 Å². The summed E-state index contributed by atoms with van der Waals surface area (Å²) in [5.74, 6) is -0.127. The summed E-state index contributed by atoms with van der Waals surface area (Å²) in [7, 11) is 4.23. The zero-order valence-corrected chi connectivity index (χ0v) is 15.9. The van der Waals surface area contributed by atoms with Crippen molar-refractivity contribution >= 4 is 32.6 Å². The monoisotopic (exact) mass is 372 g/mol. The third-order valence-corrected chi connectivity index (χ3v) is 4.59. The molecule has 8 heteroatoms. The van der Waals surface area contributed by atoms with Crippen LogP contribution in [0.15, 0.2) is 30.5 Å². The lowest BCUT2D eigenvalue weighted by molar-refractivity contribution is -0.858. The van der Waals surface area contributed by atoms with Gasteiger partial charge in [0.05, 0.1) is 43.2 Å². The van der Waals surface area contributed by atoms with E-state index in [1.165, 1.54) is 23.2 Å². The van der Waals surface area contributed by atoms with Gasteiger partial charge in [-0.2, -0.15) is 4.98 Å². The van der Waals surface area contributed by atoms with Gasteiger partial charge in [-0.05, 0) is 18.2 Å². The third kappa shape index (κ3) is 4.74. The van der Waals surface area contributed by atoms with Gasteiger partial charge < -0.3 is 15.0 Å². The minimum absolute atomic E-state index is 0.127. The number of benzene rings is 1. The molecule has 0 bridgehead atoms. The molecule has 0 fully saturated rings. The number of nitrogens with zero attached hydrogens (tertiary/aromatic N) is 3. The van der Waals surface area contributed by atoms with E-state index in [9.17, 15) is 4.79 Å². The van der Waals surface area contributed by atoms with Gasteiger partial charge in [-0.3, -0.25) is 4.79 Å². The summed E-state index contributed by atoms with van der Waals surface area (Å²) in [6, 6.07) is 8.14. The fraction of sp³-hybridized carbons (Fsp3) is 0.333. The van der Waals surface area contributed by atoms with Crippen molar-refractivity contribution in [3.63, 3.8) is 0 Å². The first-order valence-electron chi connectivity index (χ1n) is 8.45. The van der Waals surface area contributed by atoms with Gasteiger partial charge in [0, 0.05) is 25.1 Å². The molecule has 2 heterocycles. The molecule has 0 saturated heterocycles.